The van der Waals surface area contributed by atoms with Crippen LogP contribution in [0.3, 0.4) is 0 Å². The smallest absolute Gasteiger partial charge is 0.324 e. The molecule has 0 amide bonds. The molecule has 0 radical (unpaired) electrons. The molecule has 0 aliphatic rings. The first-order valence-corrected chi connectivity index (χ1v) is 7.82. The second-order valence-electron chi connectivity index (χ2n) is 4.95. The summed E-state index contributed by atoms with van der Waals surface area (Å²) in [6.07, 6.45) is 0. The zero-order chi connectivity index (χ0) is 16.2. The highest BCUT2D eigenvalue weighted by atomic mass is 32.2. The Hall–Kier alpha value is -1.91. The first kappa shape index (κ1) is 17.1. The maximum Gasteiger partial charge on any atom is 0.324 e. The number of nitriles is 1. The van der Waals surface area contributed by atoms with Crippen LogP contribution in [0.5, 0.6) is 0 Å². The number of carbonyl (C=O) groups excluding carboxylic acids is 1. The summed E-state index contributed by atoms with van der Waals surface area (Å²) in [7, 11) is -2.66. The summed E-state index contributed by atoms with van der Waals surface area (Å²) in [6, 6.07) is 5.18. The highest BCUT2D eigenvalue weighted by Gasteiger charge is 2.29. The zero-order valence-corrected chi connectivity index (χ0v) is 13.2. The van der Waals surface area contributed by atoms with Crippen molar-refractivity contribution in [3.8, 4) is 6.07 Å². The van der Waals surface area contributed by atoms with Crippen molar-refractivity contribution < 1.29 is 17.9 Å². The Kier molecular flexibility index (Phi) is 5.47. The summed E-state index contributed by atoms with van der Waals surface area (Å²) in [5, 5.41) is 8.86. The average molecular weight is 310 g/mol. The standard InChI is InChI=1S/C14H18N2O4S/c1-9(2)13(14(17)20-4)16-21(18,19)12-6-5-11(8-15)10(3)7-12/h5-7,9,13,16H,1-4H3. The molecule has 0 saturated heterocycles. The van der Waals surface area contributed by atoms with Gasteiger partial charge in [0.2, 0.25) is 10.0 Å². The Morgan fingerprint density at radius 1 is 1.38 bits per heavy atom. The summed E-state index contributed by atoms with van der Waals surface area (Å²) in [5.41, 5.74) is 0.960. The molecule has 0 saturated carbocycles. The Morgan fingerprint density at radius 2 is 2.00 bits per heavy atom. The SMILES string of the molecule is COC(=O)C(NS(=O)(=O)c1ccc(C#N)c(C)c1)C(C)C. The molecule has 0 aromatic heterocycles. The van der Waals surface area contributed by atoms with Crippen LogP contribution in [-0.2, 0) is 19.6 Å². The van der Waals surface area contributed by atoms with Gasteiger partial charge in [-0.15, -0.1) is 0 Å². The molecule has 0 aliphatic carbocycles. The van der Waals surface area contributed by atoms with Crippen molar-refractivity contribution in [1.29, 1.82) is 5.26 Å². The molecule has 0 fully saturated rings. The van der Waals surface area contributed by atoms with Crippen molar-refractivity contribution in [3.63, 3.8) is 0 Å². The third kappa shape index (κ3) is 4.03. The molecule has 1 aromatic rings. The molecule has 0 aliphatic heterocycles. The van der Waals surface area contributed by atoms with Gasteiger partial charge in [-0.25, -0.2) is 8.42 Å². The first-order chi connectivity index (χ1) is 9.72. The van der Waals surface area contributed by atoms with Gasteiger partial charge >= 0.3 is 5.97 Å². The lowest BCUT2D eigenvalue weighted by Gasteiger charge is -2.20. The Balaban J connectivity index is 3.14. The number of ether oxygens (including phenoxy) is 1. The van der Waals surface area contributed by atoms with Gasteiger partial charge in [-0.3, -0.25) is 4.79 Å². The molecule has 1 N–H and O–H groups in total. The van der Waals surface area contributed by atoms with Gasteiger partial charge in [0, 0.05) is 0 Å². The molecule has 0 spiro atoms. The van der Waals surface area contributed by atoms with E-state index in [-0.39, 0.29) is 10.8 Å². The van der Waals surface area contributed by atoms with Crippen LogP contribution in [0.15, 0.2) is 23.1 Å². The lowest BCUT2D eigenvalue weighted by molar-refractivity contribution is -0.143. The number of carbonyl (C=O) groups is 1. The number of nitrogens with one attached hydrogen (secondary N) is 1. The number of aryl methyl sites for hydroxylation is 1. The van der Waals surface area contributed by atoms with Crippen LogP contribution in [0.1, 0.15) is 25.0 Å². The van der Waals surface area contributed by atoms with Gasteiger partial charge in [-0.05, 0) is 36.6 Å². The number of benzene rings is 1. The van der Waals surface area contributed by atoms with Crippen LogP contribution < -0.4 is 4.72 Å². The summed E-state index contributed by atoms with van der Waals surface area (Å²) >= 11 is 0. The van der Waals surface area contributed by atoms with E-state index >= 15 is 0 Å². The highest BCUT2D eigenvalue weighted by molar-refractivity contribution is 7.89. The van der Waals surface area contributed by atoms with E-state index in [4.69, 9.17) is 5.26 Å². The summed E-state index contributed by atoms with van der Waals surface area (Å²) in [6.45, 7) is 5.08. The number of rotatable bonds is 5. The normalized spacial score (nSPS) is 12.8. The molecule has 7 heteroatoms. The predicted molar refractivity (Wildman–Crippen MR) is 76.9 cm³/mol. The molecule has 21 heavy (non-hydrogen) atoms. The Labute approximate surface area is 124 Å². The van der Waals surface area contributed by atoms with Gasteiger partial charge < -0.3 is 4.74 Å². The van der Waals surface area contributed by atoms with Crippen molar-refractivity contribution >= 4 is 16.0 Å². The van der Waals surface area contributed by atoms with E-state index in [1.165, 1.54) is 25.3 Å². The maximum atomic E-state index is 12.3. The number of methoxy groups -OCH3 is 1. The van der Waals surface area contributed by atoms with Gasteiger partial charge in [0.05, 0.1) is 23.6 Å². The van der Waals surface area contributed by atoms with Crippen LogP contribution in [0.4, 0.5) is 0 Å². The van der Waals surface area contributed by atoms with Crippen molar-refractivity contribution in [2.45, 2.75) is 31.7 Å². The number of hydrogen-bond acceptors (Lipinski definition) is 5. The molecule has 1 unspecified atom stereocenters. The number of esters is 1. The molecular formula is C14H18N2O4S. The van der Waals surface area contributed by atoms with Gasteiger partial charge in [0.1, 0.15) is 6.04 Å². The third-order valence-corrected chi connectivity index (χ3v) is 4.47. The van der Waals surface area contributed by atoms with Gasteiger partial charge in [0.15, 0.2) is 0 Å². The van der Waals surface area contributed by atoms with Crippen molar-refractivity contribution in [2.75, 3.05) is 7.11 Å². The molecule has 114 valence electrons. The van der Waals surface area contributed by atoms with Crippen LogP contribution in [0.25, 0.3) is 0 Å². The van der Waals surface area contributed by atoms with E-state index in [1.54, 1.807) is 20.8 Å². The highest BCUT2D eigenvalue weighted by Crippen LogP contribution is 2.16. The van der Waals surface area contributed by atoms with Gasteiger partial charge in [-0.1, -0.05) is 13.8 Å². The summed E-state index contributed by atoms with van der Waals surface area (Å²) < 4.78 is 31.6. The molecule has 0 bridgehead atoms. The number of hydrogen-bond donors (Lipinski definition) is 1. The van der Waals surface area contributed by atoms with Crippen LogP contribution >= 0.6 is 0 Å². The molecule has 6 nitrogen and oxygen atoms in total. The van der Waals surface area contributed by atoms with E-state index in [0.717, 1.165) is 0 Å². The molecule has 1 atom stereocenters. The fourth-order valence-electron chi connectivity index (χ4n) is 1.75. The van der Waals surface area contributed by atoms with Gasteiger partial charge in [-0.2, -0.15) is 9.98 Å². The molecule has 1 aromatic carbocycles. The fourth-order valence-corrected chi connectivity index (χ4v) is 3.17. The van der Waals surface area contributed by atoms with E-state index in [2.05, 4.69) is 9.46 Å². The zero-order valence-electron chi connectivity index (χ0n) is 12.4. The average Bonchev–Trinajstić information content (AvgIpc) is 2.43. The van der Waals surface area contributed by atoms with Crippen LogP contribution in [-0.4, -0.2) is 27.5 Å². The van der Waals surface area contributed by atoms with E-state index < -0.39 is 22.0 Å². The minimum atomic E-state index is -3.87. The quantitative estimate of drug-likeness (QED) is 0.828. The minimum Gasteiger partial charge on any atom is -0.468 e. The first-order valence-electron chi connectivity index (χ1n) is 6.34. The lowest BCUT2D eigenvalue weighted by atomic mass is 10.1. The molecular weight excluding hydrogens is 292 g/mol. The van der Waals surface area contributed by atoms with Crippen LogP contribution in [0.2, 0.25) is 0 Å². The molecule has 1 rings (SSSR count). The van der Waals surface area contributed by atoms with Crippen molar-refractivity contribution in [1.82, 2.24) is 4.72 Å². The van der Waals surface area contributed by atoms with E-state index in [9.17, 15) is 13.2 Å². The minimum absolute atomic E-state index is 0.00792. The van der Waals surface area contributed by atoms with Gasteiger partial charge in [0.25, 0.3) is 0 Å². The number of nitrogens with zero attached hydrogens (tertiary/aromatic N) is 1. The van der Waals surface area contributed by atoms with Crippen molar-refractivity contribution in [2.24, 2.45) is 5.92 Å². The Morgan fingerprint density at radius 3 is 2.43 bits per heavy atom. The fraction of sp³-hybridized carbons (Fsp3) is 0.429. The Bertz CT molecular complexity index is 675. The largest absolute Gasteiger partial charge is 0.468 e. The number of sulfonamides is 1. The second-order valence-corrected chi connectivity index (χ2v) is 6.67. The molecule has 0 heterocycles. The summed E-state index contributed by atoms with van der Waals surface area (Å²) in [4.78, 5) is 11.6. The van der Waals surface area contributed by atoms with Crippen LogP contribution in [0, 0.1) is 24.2 Å². The van der Waals surface area contributed by atoms with E-state index in [0.29, 0.717) is 11.1 Å². The second kappa shape index (κ2) is 6.70. The third-order valence-electron chi connectivity index (χ3n) is 3.03. The van der Waals surface area contributed by atoms with Crippen molar-refractivity contribution in [3.05, 3.63) is 29.3 Å². The van der Waals surface area contributed by atoms with E-state index in [1.807, 2.05) is 6.07 Å². The maximum absolute atomic E-state index is 12.3. The topological polar surface area (TPSA) is 96.3 Å². The monoisotopic (exact) mass is 310 g/mol. The lowest BCUT2D eigenvalue weighted by Crippen LogP contribution is -2.44. The summed E-state index contributed by atoms with van der Waals surface area (Å²) in [5.74, 6) is -0.898. The predicted octanol–water partition coefficient (Wildman–Crippen LogP) is 1.34.